The summed E-state index contributed by atoms with van der Waals surface area (Å²) in [5.74, 6) is 0. The lowest BCUT2D eigenvalue weighted by molar-refractivity contribution is -0.0113. The van der Waals surface area contributed by atoms with Crippen molar-refractivity contribution in [3.8, 4) is 0 Å². The summed E-state index contributed by atoms with van der Waals surface area (Å²) in [5, 5.41) is 12.8. The minimum atomic E-state index is -0.0469. The van der Waals surface area contributed by atoms with Crippen LogP contribution in [0.2, 0.25) is 0 Å². The monoisotopic (exact) mass is 199 g/mol. The maximum atomic E-state index is 9.18. The Kier molecular flexibility index (Phi) is 3.42. The highest BCUT2D eigenvalue weighted by molar-refractivity contribution is 4.88. The van der Waals surface area contributed by atoms with Crippen molar-refractivity contribution in [2.45, 2.75) is 63.3 Å². The van der Waals surface area contributed by atoms with Gasteiger partial charge in [-0.25, -0.2) is 0 Å². The fourth-order valence-corrected chi connectivity index (χ4v) is 2.37. The molecule has 0 amide bonds. The minimum Gasteiger partial charge on any atom is -0.393 e. The molecule has 2 N–H and O–H groups in total. The fraction of sp³-hybridized carbons (Fsp3) is 1.00. The molecule has 2 atom stereocenters. The maximum Gasteiger partial charge on any atom is 0.0587 e. The normalized spacial score (nSPS) is 43.3. The van der Waals surface area contributed by atoms with Gasteiger partial charge in [-0.3, -0.25) is 0 Å². The molecule has 3 heteroatoms. The van der Waals surface area contributed by atoms with Crippen LogP contribution in [-0.4, -0.2) is 36.0 Å². The van der Waals surface area contributed by atoms with E-state index < -0.39 is 0 Å². The number of ether oxygens (including phenoxy) is 1. The van der Waals surface area contributed by atoms with Gasteiger partial charge in [-0.1, -0.05) is 6.92 Å². The Morgan fingerprint density at radius 1 is 1.29 bits per heavy atom. The molecule has 0 radical (unpaired) electrons. The van der Waals surface area contributed by atoms with Crippen LogP contribution in [-0.2, 0) is 4.74 Å². The first-order valence-electron chi connectivity index (χ1n) is 5.83. The van der Waals surface area contributed by atoms with E-state index in [9.17, 15) is 5.11 Å². The third-order valence-corrected chi connectivity index (χ3v) is 3.41. The van der Waals surface area contributed by atoms with Crippen LogP contribution in [0.4, 0.5) is 0 Å². The second kappa shape index (κ2) is 4.60. The summed E-state index contributed by atoms with van der Waals surface area (Å²) < 4.78 is 5.62. The zero-order chi connectivity index (χ0) is 9.97. The van der Waals surface area contributed by atoms with Crippen molar-refractivity contribution < 1.29 is 9.84 Å². The summed E-state index contributed by atoms with van der Waals surface area (Å²) in [6.07, 6.45) is 5.67. The van der Waals surface area contributed by atoms with E-state index in [0.717, 1.165) is 38.7 Å². The van der Waals surface area contributed by atoms with Gasteiger partial charge in [-0.15, -0.1) is 0 Å². The van der Waals surface area contributed by atoms with Crippen LogP contribution in [0, 0.1) is 0 Å². The van der Waals surface area contributed by atoms with Crippen molar-refractivity contribution in [1.82, 2.24) is 5.32 Å². The first-order chi connectivity index (χ1) is 6.78. The van der Waals surface area contributed by atoms with Crippen molar-refractivity contribution in [1.29, 1.82) is 0 Å². The molecule has 0 aromatic heterocycles. The fourth-order valence-electron chi connectivity index (χ4n) is 2.37. The number of aliphatic hydroxyl groups is 1. The molecule has 2 unspecified atom stereocenters. The number of nitrogens with one attached hydrogen (secondary N) is 1. The third-order valence-electron chi connectivity index (χ3n) is 3.41. The van der Waals surface area contributed by atoms with E-state index in [4.69, 9.17) is 4.74 Å². The lowest BCUT2D eigenvalue weighted by atomic mass is 9.88. The Balaban J connectivity index is 1.69. The average molecular weight is 199 g/mol. The number of rotatable bonds is 3. The summed E-state index contributed by atoms with van der Waals surface area (Å²) in [7, 11) is 0. The van der Waals surface area contributed by atoms with Crippen molar-refractivity contribution in [3.05, 3.63) is 0 Å². The van der Waals surface area contributed by atoms with E-state index in [1.807, 2.05) is 0 Å². The molecule has 0 aromatic carbocycles. The molecule has 1 aliphatic heterocycles. The van der Waals surface area contributed by atoms with Gasteiger partial charge in [0.15, 0.2) is 0 Å². The number of hydrogen-bond acceptors (Lipinski definition) is 3. The van der Waals surface area contributed by atoms with Crippen LogP contribution in [0.1, 0.15) is 39.0 Å². The molecular weight excluding hydrogens is 178 g/mol. The Morgan fingerprint density at radius 3 is 2.71 bits per heavy atom. The highest BCUT2D eigenvalue weighted by atomic mass is 16.5. The first-order valence-corrected chi connectivity index (χ1v) is 5.83. The van der Waals surface area contributed by atoms with Gasteiger partial charge in [0.1, 0.15) is 0 Å². The molecule has 1 aliphatic carbocycles. The maximum absolute atomic E-state index is 9.18. The summed E-state index contributed by atoms with van der Waals surface area (Å²) in [6.45, 7) is 3.07. The predicted octanol–water partition coefficient (Wildman–Crippen LogP) is 1.06. The van der Waals surface area contributed by atoms with Crippen LogP contribution in [0.25, 0.3) is 0 Å². The van der Waals surface area contributed by atoms with Gasteiger partial charge in [-0.05, 0) is 32.1 Å². The van der Waals surface area contributed by atoms with Crippen LogP contribution in [0.15, 0.2) is 0 Å². The van der Waals surface area contributed by atoms with Gasteiger partial charge in [0.2, 0.25) is 0 Å². The first kappa shape index (κ1) is 10.4. The average Bonchev–Trinajstić information content (AvgIpc) is 2.16. The molecule has 14 heavy (non-hydrogen) atoms. The third kappa shape index (κ3) is 2.47. The SMILES string of the molecule is CCC1CC(NC2CC(O)C2)CCO1. The van der Waals surface area contributed by atoms with Gasteiger partial charge >= 0.3 is 0 Å². The topological polar surface area (TPSA) is 41.5 Å². The second-order valence-corrected chi connectivity index (χ2v) is 4.61. The summed E-state index contributed by atoms with van der Waals surface area (Å²) >= 11 is 0. The van der Waals surface area contributed by atoms with E-state index in [1.165, 1.54) is 0 Å². The van der Waals surface area contributed by atoms with E-state index in [2.05, 4.69) is 12.2 Å². The predicted molar refractivity (Wildman–Crippen MR) is 55.2 cm³/mol. The van der Waals surface area contributed by atoms with Crippen LogP contribution < -0.4 is 5.32 Å². The molecule has 0 aromatic rings. The summed E-state index contributed by atoms with van der Waals surface area (Å²) in [4.78, 5) is 0. The molecule has 3 nitrogen and oxygen atoms in total. The zero-order valence-corrected chi connectivity index (χ0v) is 8.91. The number of hydrogen-bond donors (Lipinski definition) is 2. The van der Waals surface area contributed by atoms with Gasteiger partial charge in [0.05, 0.1) is 12.2 Å². The molecule has 0 bridgehead atoms. The Morgan fingerprint density at radius 2 is 2.07 bits per heavy atom. The van der Waals surface area contributed by atoms with Gasteiger partial charge < -0.3 is 15.2 Å². The Hall–Kier alpha value is -0.120. The molecule has 2 fully saturated rings. The summed E-state index contributed by atoms with van der Waals surface area (Å²) in [6, 6.07) is 1.18. The molecule has 2 rings (SSSR count). The standard InChI is InChI=1S/C11H21NO2/c1-2-11-7-8(3-4-14-11)12-9-5-10(13)6-9/h8-13H,2-7H2,1H3. The highest BCUT2D eigenvalue weighted by Crippen LogP contribution is 2.23. The lowest BCUT2D eigenvalue weighted by Gasteiger charge is -2.38. The zero-order valence-electron chi connectivity index (χ0n) is 8.91. The largest absolute Gasteiger partial charge is 0.393 e. The Bertz CT molecular complexity index is 180. The molecule has 2 aliphatic rings. The molecule has 1 heterocycles. The van der Waals surface area contributed by atoms with Gasteiger partial charge in [-0.2, -0.15) is 0 Å². The quantitative estimate of drug-likeness (QED) is 0.714. The van der Waals surface area contributed by atoms with Gasteiger partial charge in [0.25, 0.3) is 0 Å². The smallest absolute Gasteiger partial charge is 0.0587 e. The molecule has 1 saturated heterocycles. The van der Waals surface area contributed by atoms with E-state index >= 15 is 0 Å². The van der Waals surface area contributed by atoms with Crippen molar-refractivity contribution in [2.24, 2.45) is 0 Å². The minimum absolute atomic E-state index is 0.0469. The van der Waals surface area contributed by atoms with Crippen molar-refractivity contribution in [2.75, 3.05) is 6.61 Å². The van der Waals surface area contributed by atoms with Crippen LogP contribution >= 0.6 is 0 Å². The van der Waals surface area contributed by atoms with Crippen LogP contribution in [0.5, 0.6) is 0 Å². The molecule has 1 saturated carbocycles. The van der Waals surface area contributed by atoms with E-state index in [1.54, 1.807) is 0 Å². The molecule has 82 valence electrons. The van der Waals surface area contributed by atoms with E-state index in [-0.39, 0.29) is 6.10 Å². The van der Waals surface area contributed by atoms with Gasteiger partial charge in [0, 0.05) is 18.7 Å². The second-order valence-electron chi connectivity index (χ2n) is 4.61. The Labute approximate surface area is 85.8 Å². The molecule has 0 spiro atoms. The van der Waals surface area contributed by atoms with Crippen molar-refractivity contribution >= 4 is 0 Å². The summed E-state index contributed by atoms with van der Waals surface area (Å²) in [5.41, 5.74) is 0. The highest BCUT2D eigenvalue weighted by Gasteiger charge is 2.30. The molecular formula is C11H21NO2. The number of aliphatic hydroxyl groups excluding tert-OH is 1. The van der Waals surface area contributed by atoms with E-state index in [0.29, 0.717) is 18.2 Å². The van der Waals surface area contributed by atoms with Crippen molar-refractivity contribution in [3.63, 3.8) is 0 Å². The lowest BCUT2D eigenvalue weighted by Crippen LogP contribution is -2.51. The van der Waals surface area contributed by atoms with Crippen LogP contribution in [0.3, 0.4) is 0 Å².